The summed E-state index contributed by atoms with van der Waals surface area (Å²) in [5.74, 6) is -1.47. The molecule has 0 saturated heterocycles. The fourth-order valence-electron chi connectivity index (χ4n) is 0.963. The average Bonchev–Trinajstić information content (AvgIpc) is 2.46. The fraction of sp³-hybridized carbons (Fsp3) is 0. The quantitative estimate of drug-likeness (QED) is 0.649. The Morgan fingerprint density at radius 3 is 2.92 bits per heavy atom. The molecule has 2 aromatic rings. The van der Waals surface area contributed by atoms with Crippen molar-refractivity contribution < 1.29 is 15.0 Å². The summed E-state index contributed by atoms with van der Waals surface area (Å²) >= 11 is 0. The van der Waals surface area contributed by atoms with Crippen molar-refractivity contribution in [3.63, 3.8) is 0 Å². The van der Waals surface area contributed by atoms with Crippen molar-refractivity contribution in [2.24, 2.45) is 0 Å². The summed E-state index contributed by atoms with van der Waals surface area (Å²) in [6.07, 6.45) is 1.29. The van der Waals surface area contributed by atoms with E-state index in [0.717, 1.165) is 0 Å². The average molecular weight is 179 g/mol. The second kappa shape index (κ2) is 2.44. The monoisotopic (exact) mass is 179 g/mol. The van der Waals surface area contributed by atoms with Crippen LogP contribution in [0.2, 0.25) is 0 Å². The van der Waals surface area contributed by atoms with E-state index in [1.807, 2.05) is 0 Å². The first-order valence-electron chi connectivity index (χ1n) is 3.45. The van der Waals surface area contributed by atoms with Crippen molar-refractivity contribution in [1.82, 2.24) is 14.6 Å². The highest BCUT2D eigenvalue weighted by molar-refractivity contribution is 5.83. The molecule has 2 N–H and O–H groups in total. The Hall–Kier alpha value is -2.11. The molecule has 2 heterocycles. The van der Waals surface area contributed by atoms with E-state index in [1.165, 1.54) is 22.8 Å². The van der Waals surface area contributed by atoms with Crippen LogP contribution >= 0.6 is 0 Å². The van der Waals surface area contributed by atoms with E-state index in [4.69, 9.17) is 10.2 Å². The lowest BCUT2D eigenvalue weighted by atomic mass is 10.4. The summed E-state index contributed by atoms with van der Waals surface area (Å²) in [7, 11) is 0. The van der Waals surface area contributed by atoms with Crippen molar-refractivity contribution >= 4 is 11.6 Å². The van der Waals surface area contributed by atoms with Gasteiger partial charge in [-0.1, -0.05) is 0 Å². The molecule has 6 nitrogen and oxygen atoms in total. The summed E-state index contributed by atoms with van der Waals surface area (Å²) in [6, 6.07) is 2.89. The number of hydrogen-bond donors (Lipinski definition) is 2. The van der Waals surface area contributed by atoms with Crippen LogP contribution in [0.3, 0.4) is 0 Å². The molecule has 0 atom stereocenters. The Morgan fingerprint density at radius 2 is 2.23 bits per heavy atom. The van der Waals surface area contributed by atoms with Crippen LogP contribution in [-0.4, -0.2) is 30.8 Å². The van der Waals surface area contributed by atoms with Gasteiger partial charge in [-0.2, -0.15) is 0 Å². The molecule has 2 aromatic heterocycles. The van der Waals surface area contributed by atoms with Gasteiger partial charge in [-0.3, -0.25) is 0 Å². The highest BCUT2D eigenvalue weighted by atomic mass is 16.4. The number of carbonyl (C=O) groups is 1. The minimum absolute atomic E-state index is 0.00865. The van der Waals surface area contributed by atoms with Gasteiger partial charge in [-0.25, -0.2) is 14.3 Å². The lowest BCUT2D eigenvalue weighted by Crippen LogP contribution is -1.99. The molecule has 0 amide bonds. The molecule has 0 spiro atoms. The Labute approximate surface area is 72.1 Å². The molecule has 66 valence electrons. The number of carboxylic acids is 1. The molecule has 0 aromatic carbocycles. The minimum atomic E-state index is -1.19. The first-order valence-corrected chi connectivity index (χ1v) is 3.45. The van der Waals surface area contributed by atoms with Crippen molar-refractivity contribution in [2.75, 3.05) is 0 Å². The third-order valence-corrected chi connectivity index (χ3v) is 1.51. The lowest BCUT2D eigenvalue weighted by Gasteiger charge is -1.90. The standard InChI is InChI=1S/C7H5N3O3/c11-4-1-2-5-8-6(7(12)13)9-10(5)3-4/h1-3,11H,(H,12,13). The molecule has 0 saturated carbocycles. The number of rotatable bonds is 1. The van der Waals surface area contributed by atoms with Crippen molar-refractivity contribution in [2.45, 2.75) is 0 Å². The molecule has 0 aliphatic carbocycles. The Morgan fingerprint density at radius 1 is 1.46 bits per heavy atom. The van der Waals surface area contributed by atoms with Gasteiger partial charge in [-0.05, 0) is 12.1 Å². The molecular formula is C7H5N3O3. The lowest BCUT2D eigenvalue weighted by molar-refractivity contribution is 0.0684. The second-order valence-electron chi connectivity index (χ2n) is 2.43. The van der Waals surface area contributed by atoms with Crippen molar-refractivity contribution in [1.29, 1.82) is 0 Å². The van der Waals surface area contributed by atoms with Crippen LogP contribution < -0.4 is 0 Å². The predicted molar refractivity (Wildman–Crippen MR) is 41.6 cm³/mol. The van der Waals surface area contributed by atoms with E-state index in [2.05, 4.69) is 10.1 Å². The maximum atomic E-state index is 10.5. The molecule has 2 rings (SSSR count). The van der Waals surface area contributed by atoms with Crippen LogP contribution in [-0.2, 0) is 0 Å². The zero-order valence-electron chi connectivity index (χ0n) is 6.38. The van der Waals surface area contributed by atoms with Crippen molar-refractivity contribution in [3.05, 3.63) is 24.2 Å². The molecule has 0 unspecified atom stereocenters. The number of nitrogens with zero attached hydrogens (tertiary/aromatic N) is 3. The van der Waals surface area contributed by atoms with E-state index in [-0.39, 0.29) is 11.6 Å². The smallest absolute Gasteiger partial charge is 0.375 e. The predicted octanol–water partition coefficient (Wildman–Crippen LogP) is 0.133. The van der Waals surface area contributed by atoms with Gasteiger partial charge in [0.1, 0.15) is 5.75 Å². The van der Waals surface area contributed by atoms with Gasteiger partial charge in [0.15, 0.2) is 5.65 Å². The van der Waals surface area contributed by atoms with Crippen LogP contribution in [0.5, 0.6) is 5.75 Å². The van der Waals surface area contributed by atoms with Crippen LogP contribution in [0.15, 0.2) is 18.3 Å². The number of aromatic hydroxyl groups is 1. The van der Waals surface area contributed by atoms with E-state index in [9.17, 15) is 4.79 Å². The first kappa shape index (κ1) is 7.53. The summed E-state index contributed by atoms with van der Waals surface area (Å²) < 4.78 is 1.21. The van der Waals surface area contributed by atoms with Gasteiger partial charge in [0, 0.05) is 0 Å². The van der Waals surface area contributed by atoms with Crippen molar-refractivity contribution in [3.8, 4) is 5.75 Å². The molecule has 0 fully saturated rings. The van der Waals surface area contributed by atoms with Crippen LogP contribution in [0, 0.1) is 0 Å². The maximum absolute atomic E-state index is 10.5. The third kappa shape index (κ3) is 1.18. The zero-order valence-corrected chi connectivity index (χ0v) is 6.38. The maximum Gasteiger partial charge on any atom is 0.375 e. The van der Waals surface area contributed by atoms with Gasteiger partial charge < -0.3 is 10.2 Å². The summed E-state index contributed by atoms with van der Waals surface area (Å²) in [5, 5.41) is 21.2. The second-order valence-corrected chi connectivity index (χ2v) is 2.43. The number of aromatic nitrogens is 3. The van der Waals surface area contributed by atoms with E-state index >= 15 is 0 Å². The summed E-state index contributed by atoms with van der Waals surface area (Å²) in [4.78, 5) is 14.1. The number of carboxylic acid groups (broad SMARTS) is 1. The van der Waals surface area contributed by atoms with Gasteiger partial charge in [0.05, 0.1) is 6.20 Å². The Balaban J connectivity index is 2.68. The Bertz CT molecular complexity index is 477. The van der Waals surface area contributed by atoms with Crippen LogP contribution in [0.4, 0.5) is 0 Å². The normalized spacial score (nSPS) is 10.5. The van der Waals surface area contributed by atoms with Gasteiger partial charge in [0.2, 0.25) is 0 Å². The first-order chi connectivity index (χ1) is 6.16. The largest absolute Gasteiger partial charge is 0.506 e. The van der Waals surface area contributed by atoms with Gasteiger partial charge in [0.25, 0.3) is 5.82 Å². The minimum Gasteiger partial charge on any atom is -0.506 e. The van der Waals surface area contributed by atoms with Gasteiger partial charge in [-0.15, -0.1) is 5.10 Å². The van der Waals surface area contributed by atoms with E-state index in [1.54, 1.807) is 0 Å². The fourth-order valence-corrected chi connectivity index (χ4v) is 0.963. The molecular weight excluding hydrogens is 174 g/mol. The Kier molecular flexibility index (Phi) is 1.42. The molecule has 0 aliphatic rings. The number of aromatic carboxylic acids is 1. The SMILES string of the molecule is O=C(O)c1nc2ccc(O)cn2n1. The molecule has 0 aliphatic heterocycles. The van der Waals surface area contributed by atoms with Gasteiger partial charge >= 0.3 is 5.97 Å². The topological polar surface area (TPSA) is 87.7 Å². The third-order valence-electron chi connectivity index (χ3n) is 1.51. The molecule has 6 heteroatoms. The molecule has 0 bridgehead atoms. The number of fused-ring (bicyclic) bond motifs is 1. The highest BCUT2D eigenvalue weighted by Crippen LogP contribution is 2.09. The zero-order chi connectivity index (χ0) is 9.42. The van der Waals surface area contributed by atoms with E-state index in [0.29, 0.717) is 5.65 Å². The number of pyridine rings is 1. The summed E-state index contributed by atoms with van der Waals surface area (Å²) in [6.45, 7) is 0. The van der Waals surface area contributed by atoms with E-state index < -0.39 is 5.97 Å². The van der Waals surface area contributed by atoms with Crippen LogP contribution in [0.1, 0.15) is 10.6 Å². The highest BCUT2D eigenvalue weighted by Gasteiger charge is 2.10. The van der Waals surface area contributed by atoms with Crippen LogP contribution in [0.25, 0.3) is 5.65 Å². The summed E-state index contributed by atoms with van der Waals surface area (Å²) in [5.41, 5.74) is 0.384. The molecule has 13 heavy (non-hydrogen) atoms. The number of hydrogen-bond acceptors (Lipinski definition) is 4. The molecule has 0 radical (unpaired) electrons.